The first kappa shape index (κ1) is 14.0. The Bertz CT molecular complexity index is 614. The number of anilines is 1. The molecule has 1 aromatic heterocycles. The number of hydrogen-bond donors (Lipinski definition) is 1. The summed E-state index contributed by atoms with van der Waals surface area (Å²) in [4.78, 5) is 6.50. The first-order valence-electron chi connectivity index (χ1n) is 7.51. The maximum Gasteiger partial charge on any atom is 0.396 e. The molecule has 1 aliphatic rings. The van der Waals surface area contributed by atoms with Gasteiger partial charge in [0.25, 0.3) is 0 Å². The Kier molecular flexibility index (Phi) is 3.64. The second-order valence-corrected chi connectivity index (χ2v) is 6.06. The van der Waals surface area contributed by atoms with Crippen LogP contribution in [0.1, 0.15) is 25.8 Å². The normalized spacial score (nSPS) is 20.9. The van der Waals surface area contributed by atoms with Crippen LogP contribution < -0.4 is 9.47 Å². The topological polar surface area (TPSA) is 40.2 Å². The lowest BCUT2D eigenvalue weighted by Crippen LogP contribution is -2.46. The zero-order valence-electron chi connectivity index (χ0n) is 12.6. The van der Waals surface area contributed by atoms with Crippen molar-refractivity contribution in [1.82, 2.24) is 4.98 Å². The first-order chi connectivity index (χ1) is 10.1. The minimum absolute atomic E-state index is 0.512. The lowest BCUT2D eigenvalue weighted by atomic mass is 10.0. The van der Waals surface area contributed by atoms with E-state index in [0.717, 1.165) is 24.5 Å². The summed E-state index contributed by atoms with van der Waals surface area (Å²) in [5.41, 5.74) is -0.100. The van der Waals surface area contributed by atoms with Gasteiger partial charge in [-0.1, -0.05) is 49.2 Å². The second kappa shape index (κ2) is 5.45. The molecule has 21 heavy (non-hydrogen) atoms. The molecule has 2 aromatic rings. The smallest absolute Gasteiger partial charge is 0.353 e. The van der Waals surface area contributed by atoms with Crippen molar-refractivity contribution >= 4 is 5.95 Å². The van der Waals surface area contributed by atoms with Gasteiger partial charge in [0.1, 0.15) is 12.7 Å². The molecule has 0 fully saturated rings. The van der Waals surface area contributed by atoms with E-state index in [0.29, 0.717) is 12.5 Å². The number of rotatable bonds is 4. The molecule has 0 saturated carbocycles. The maximum atomic E-state index is 11.3. The summed E-state index contributed by atoms with van der Waals surface area (Å²) in [5, 5.41) is 11.3. The number of aromatic nitrogens is 2. The highest BCUT2D eigenvalue weighted by Gasteiger charge is 2.51. The Morgan fingerprint density at radius 3 is 2.76 bits per heavy atom. The van der Waals surface area contributed by atoms with Crippen LogP contribution in [0, 0.1) is 5.92 Å². The predicted molar refractivity (Wildman–Crippen MR) is 81.6 cm³/mol. The number of fused-ring (bicyclic) bond motifs is 1. The molecule has 0 amide bonds. The van der Waals surface area contributed by atoms with Gasteiger partial charge in [0.2, 0.25) is 5.72 Å². The molecule has 1 atom stereocenters. The lowest BCUT2D eigenvalue weighted by Gasteiger charge is -2.28. The standard InChI is InChI=1S/C17H22N3O/c1-14(2)9-12-20-16-18-10-6-11-19(16)13-17(20,21)15-7-4-3-5-8-15/h3-8,10-11,14,21H,9,12-13H2,1-2H3/q+1. The first-order valence-corrected chi connectivity index (χ1v) is 7.51. The molecule has 1 N–H and O–H groups in total. The summed E-state index contributed by atoms with van der Waals surface area (Å²) in [6, 6.07) is 11.8. The lowest BCUT2D eigenvalue weighted by molar-refractivity contribution is -0.685. The third-order valence-corrected chi connectivity index (χ3v) is 4.04. The van der Waals surface area contributed by atoms with Gasteiger partial charge in [0.15, 0.2) is 0 Å². The van der Waals surface area contributed by atoms with Gasteiger partial charge in [0.05, 0.1) is 12.7 Å². The summed E-state index contributed by atoms with van der Waals surface area (Å²) < 4.78 is 2.02. The average molecular weight is 284 g/mol. The number of aliphatic hydroxyl groups is 1. The summed E-state index contributed by atoms with van der Waals surface area (Å²) in [7, 11) is 0. The van der Waals surface area contributed by atoms with E-state index in [1.807, 2.05) is 52.1 Å². The predicted octanol–water partition coefficient (Wildman–Crippen LogP) is 2.08. The van der Waals surface area contributed by atoms with E-state index in [2.05, 4.69) is 18.8 Å². The van der Waals surface area contributed by atoms with Gasteiger partial charge < -0.3 is 5.11 Å². The summed E-state index contributed by atoms with van der Waals surface area (Å²) in [6.45, 7) is 5.70. The molecule has 0 radical (unpaired) electrons. The van der Waals surface area contributed by atoms with E-state index in [1.165, 1.54) is 0 Å². The van der Waals surface area contributed by atoms with Gasteiger partial charge in [-0.05, 0) is 12.3 Å². The fourth-order valence-electron chi connectivity index (χ4n) is 2.85. The molecular weight excluding hydrogens is 262 g/mol. The van der Waals surface area contributed by atoms with Crippen molar-refractivity contribution < 1.29 is 9.67 Å². The van der Waals surface area contributed by atoms with Gasteiger partial charge in [-0.3, -0.25) is 0 Å². The monoisotopic (exact) mass is 284 g/mol. The molecule has 4 nitrogen and oxygen atoms in total. The minimum Gasteiger partial charge on any atom is -0.353 e. The average Bonchev–Trinajstić information content (AvgIpc) is 2.79. The van der Waals surface area contributed by atoms with E-state index >= 15 is 0 Å². The molecule has 1 aromatic carbocycles. The Hall–Kier alpha value is -1.94. The van der Waals surface area contributed by atoms with E-state index < -0.39 is 5.72 Å². The minimum atomic E-state index is -1.02. The molecule has 1 aliphatic heterocycles. The van der Waals surface area contributed by atoms with Crippen molar-refractivity contribution in [3.63, 3.8) is 0 Å². The third-order valence-electron chi connectivity index (χ3n) is 4.04. The number of nitrogens with zero attached hydrogens (tertiary/aromatic N) is 3. The Labute approximate surface area is 125 Å². The van der Waals surface area contributed by atoms with Crippen LogP contribution in [0.3, 0.4) is 0 Å². The summed E-state index contributed by atoms with van der Waals surface area (Å²) in [6.07, 6.45) is 4.78. The van der Waals surface area contributed by atoms with Crippen molar-refractivity contribution in [1.29, 1.82) is 0 Å². The molecule has 0 aliphatic carbocycles. The largest absolute Gasteiger partial charge is 0.396 e. The van der Waals surface area contributed by atoms with E-state index in [-0.39, 0.29) is 0 Å². The number of hydrogen-bond acceptors (Lipinski definition) is 3. The number of benzene rings is 1. The molecule has 0 bridgehead atoms. The van der Waals surface area contributed by atoms with Crippen LogP contribution in [-0.2, 0) is 12.3 Å². The zero-order chi connectivity index (χ0) is 14.9. The van der Waals surface area contributed by atoms with Crippen LogP contribution in [0.4, 0.5) is 5.95 Å². The van der Waals surface area contributed by atoms with Gasteiger partial charge in [-0.15, -0.1) is 0 Å². The van der Waals surface area contributed by atoms with Crippen molar-refractivity contribution in [3.8, 4) is 0 Å². The van der Waals surface area contributed by atoms with Crippen LogP contribution in [0.15, 0.2) is 48.8 Å². The summed E-state index contributed by atoms with van der Waals surface area (Å²) in [5.74, 6) is 1.42. The highest BCUT2D eigenvalue weighted by molar-refractivity contribution is 5.37. The SMILES string of the molecule is CC(C)CCN1c2nccc[n+]2CC1(O)c1ccccc1. The molecule has 1 unspecified atom stereocenters. The highest BCUT2D eigenvalue weighted by atomic mass is 16.3. The Morgan fingerprint density at radius 2 is 2.05 bits per heavy atom. The molecule has 2 heterocycles. The molecule has 0 spiro atoms. The molecule has 3 rings (SSSR count). The second-order valence-electron chi connectivity index (χ2n) is 6.06. The van der Waals surface area contributed by atoms with Gasteiger partial charge >= 0.3 is 5.95 Å². The van der Waals surface area contributed by atoms with Gasteiger partial charge in [-0.2, -0.15) is 0 Å². The van der Waals surface area contributed by atoms with Crippen molar-refractivity contribution in [3.05, 3.63) is 54.4 Å². The third kappa shape index (κ3) is 2.51. The van der Waals surface area contributed by atoms with Crippen LogP contribution in [0.25, 0.3) is 0 Å². The quantitative estimate of drug-likeness (QED) is 0.874. The van der Waals surface area contributed by atoms with Crippen LogP contribution >= 0.6 is 0 Å². The highest BCUT2D eigenvalue weighted by Crippen LogP contribution is 2.33. The zero-order valence-corrected chi connectivity index (χ0v) is 12.6. The van der Waals surface area contributed by atoms with Gasteiger partial charge in [0, 0.05) is 11.6 Å². The van der Waals surface area contributed by atoms with Crippen LogP contribution in [-0.4, -0.2) is 16.6 Å². The summed E-state index contributed by atoms with van der Waals surface area (Å²) >= 11 is 0. The Balaban J connectivity index is 2.00. The molecule has 110 valence electrons. The van der Waals surface area contributed by atoms with E-state index in [1.54, 1.807) is 6.20 Å². The molecule has 4 heteroatoms. The van der Waals surface area contributed by atoms with E-state index in [4.69, 9.17) is 0 Å². The fraction of sp³-hybridized carbons (Fsp3) is 0.412. The van der Waals surface area contributed by atoms with Crippen molar-refractivity contribution in [2.24, 2.45) is 5.92 Å². The maximum absolute atomic E-state index is 11.3. The molecular formula is C17H22N3O+. The van der Waals surface area contributed by atoms with Crippen molar-refractivity contribution in [2.75, 3.05) is 11.4 Å². The van der Waals surface area contributed by atoms with Crippen molar-refractivity contribution in [2.45, 2.75) is 32.5 Å². The Morgan fingerprint density at radius 1 is 1.29 bits per heavy atom. The molecule has 0 saturated heterocycles. The van der Waals surface area contributed by atoms with Crippen LogP contribution in [0.5, 0.6) is 0 Å². The van der Waals surface area contributed by atoms with Gasteiger partial charge in [-0.25, -0.2) is 9.47 Å². The van der Waals surface area contributed by atoms with Crippen LogP contribution in [0.2, 0.25) is 0 Å². The fourth-order valence-corrected chi connectivity index (χ4v) is 2.85. The van der Waals surface area contributed by atoms with E-state index in [9.17, 15) is 5.11 Å².